The van der Waals surface area contributed by atoms with Crippen LogP contribution in [0.1, 0.15) is 76.2 Å². The van der Waals surface area contributed by atoms with Gasteiger partial charge < -0.3 is 50.1 Å². The average molecular weight is 1360 g/mol. The summed E-state index contributed by atoms with van der Waals surface area (Å²) in [6, 6.07) is 8.24. The number of aromatic nitrogens is 16. The van der Waals surface area contributed by atoms with Gasteiger partial charge in [-0.2, -0.15) is 0 Å². The maximum Gasteiger partial charge on any atom is 0.157 e. The average Bonchev–Trinajstić information content (AvgIpc) is 1.68. The number of piperidine rings is 3. The molecule has 3 saturated heterocycles. The summed E-state index contributed by atoms with van der Waals surface area (Å²) < 4.78 is 4.91. The van der Waals surface area contributed by atoms with E-state index in [4.69, 9.17) is 44.9 Å². The van der Waals surface area contributed by atoms with Crippen molar-refractivity contribution in [2.45, 2.75) is 81.1 Å². The molecule has 3 aliphatic carbocycles. The number of halogens is 4. The van der Waals surface area contributed by atoms with Crippen molar-refractivity contribution >= 4 is 92.2 Å². The number of aryl methyl sites for hydroxylation is 4. The summed E-state index contributed by atoms with van der Waals surface area (Å²) in [5.41, 5.74) is 18.2. The molecule has 7 N–H and O–H groups in total. The molecule has 15 rings (SSSR count). The van der Waals surface area contributed by atoms with Crippen molar-refractivity contribution in [1.82, 2.24) is 78.9 Å². The Morgan fingerprint density at radius 3 is 1.12 bits per heavy atom. The number of hydrogen-bond acceptors (Lipinski definition) is 23. The van der Waals surface area contributed by atoms with E-state index >= 15 is 0 Å². The van der Waals surface area contributed by atoms with Crippen LogP contribution in [0, 0.1) is 63.2 Å². The second-order valence-electron chi connectivity index (χ2n) is 22.6. The fourth-order valence-electron chi connectivity index (χ4n) is 10.8. The number of carbonyl (C=O) groups excluding carboxylic acids is 2. The maximum absolute atomic E-state index is 10.2. The number of ketones is 2. The highest BCUT2D eigenvalue weighted by atomic mass is 79.9. The molecule has 0 amide bonds. The minimum Gasteiger partial charge on any atom is -0.382 e. The van der Waals surface area contributed by atoms with Gasteiger partial charge in [0.1, 0.15) is 78.3 Å². The lowest BCUT2D eigenvalue weighted by molar-refractivity contribution is -0.122. The van der Waals surface area contributed by atoms with E-state index in [-0.39, 0.29) is 31.4 Å². The molecule has 9 aromatic rings. The zero-order valence-electron chi connectivity index (χ0n) is 50.7. The molecule has 0 aromatic carbocycles. The van der Waals surface area contributed by atoms with Gasteiger partial charge in [-0.3, -0.25) is 19.9 Å². The van der Waals surface area contributed by atoms with Gasteiger partial charge in [-0.1, -0.05) is 30.6 Å². The van der Waals surface area contributed by atoms with Gasteiger partial charge in [0.15, 0.2) is 11.6 Å². The van der Waals surface area contributed by atoms with Crippen LogP contribution in [0.2, 0.25) is 10.3 Å². The number of nitrogens with zero attached hydrogens (tertiary/aromatic N) is 19. The summed E-state index contributed by atoms with van der Waals surface area (Å²) in [6.45, 7) is 18.0. The van der Waals surface area contributed by atoms with Crippen molar-refractivity contribution in [3.05, 3.63) is 149 Å². The molecule has 3 aliphatic heterocycles. The highest BCUT2D eigenvalue weighted by molar-refractivity contribution is 9.10. The van der Waals surface area contributed by atoms with Gasteiger partial charge in [-0.05, 0) is 137 Å². The lowest BCUT2D eigenvalue weighted by Gasteiger charge is -2.18. The fraction of sp³-hybridized carbons (Fsp3) is 0.387. The first-order valence-corrected chi connectivity index (χ1v) is 30.5. The minimum absolute atomic E-state index is 0. The highest BCUT2D eigenvalue weighted by Crippen LogP contribution is 2.47. The molecular weight excluding hydrogens is 1290 g/mol. The Bertz CT molecular complexity index is 3730. The Labute approximate surface area is 553 Å². The lowest BCUT2D eigenvalue weighted by atomic mass is 10.2. The molecule has 3 saturated carbocycles. The van der Waals surface area contributed by atoms with Gasteiger partial charge in [-0.15, -0.1) is 12.4 Å². The molecule has 0 spiro atoms. The number of rotatable bonds is 10. The van der Waals surface area contributed by atoms with E-state index in [0.29, 0.717) is 46.2 Å². The van der Waals surface area contributed by atoms with Crippen molar-refractivity contribution in [1.29, 1.82) is 0 Å². The number of nitrogen functional groups attached to an aromatic ring is 2. The van der Waals surface area contributed by atoms with Gasteiger partial charge >= 0.3 is 0 Å². The number of hydrogen-bond donors (Lipinski definition) is 4. The quantitative estimate of drug-likeness (QED) is 0.0925. The topological polar surface area (TPSA) is 332 Å². The first kappa shape index (κ1) is 70.2. The lowest BCUT2D eigenvalue weighted by Crippen LogP contribution is -2.22. The summed E-state index contributed by atoms with van der Waals surface area (Å²) in [7, 11) is 0. The molecule has 9 aromatic heterocycles. The molecule has 0 radical (unpaired) electrons. The first-order chi connectivity index (χ1) is 42.9. The predicted molar refractivity (Wildman–Crippen MR) is 358 cm³/mol. The number of Topliss-reactive ketones (excluding diaryl/α,β-unsaturated/α-hetero) is 2. The van der Waals surface area contributed by atoms with E-state index in [1.807, 2.05) is 55.3 Å². The Balaban J connectivity index is 0.000000161. The van der Waals surface area contributed by atoms with Crippen LogP contribution in [0.4, 0.5) is 29.1 Å². The van der Waals surface area contributed by atoms with E-state index in [9.17, 15) is 9.59 Å². The second-order valence-corrected chi connectivity index (χ2v) is 24.2. The maximum atomic E-state index is 10.2. The van der Waals surface area contributed by atoms with Crippen molar-refractivity contribution < 1.29 is 14.8 Å². The van der Waals surface area contributed by atoms with Crippen LogP contribution in [-0.2, 0) is 9.59 Å². The molecule has 12 heterocycles. The third kappa shape index (κ3) is 19.6. The number of fused-ring (bicyclic) bond motifs is 3. The summed E-state index contributed by atoms with van der Waals surface area (Å²) in [5, 5.41) is 7.24. The van der Waals surface area contributed by atoms with Gasteiger partial charge in [0, 0.05) is 74.9 Å². The van der Waals surface area contributed by atoms with Crippen LogP contribution in [0.3, 0.4) is 0 Å². The Hall–Kier alpha value is -8.27. The van der Waals surface area contributed by atoms with E-state index in [1.165, 1.54) is 71.0 Å². The molecule has 0 bridgehead atoms. The van der Waals surface area contributed by atoms with Crippen LogP contribution in [0.15, 0.2) is 116 Å². The fourth-order valence-corrected chi connectivity index (χ4v) is 11.3. The van der Waals surface area contributed by atoms with Crippen molar-refractivity contribution in [3.8, 4) is 34.4 Å². The predicted octanol–water partition coefficient (Wildman–Crippen LogP) is 10.1. The van der Waals surface area contributed by atoms with E-state index in [0.717, 1.165) is 130 Å². The molecule has 6 aliphatic rings. The number of nitrogens with two attached hydrogens (primary N) is 3. The third-order valence-electron chi connectivity index (χ3n) is 15.6. The first-order valence-electron chi connectivity index (χ1n) is 28.9. The van der Waals surface area contributed by atoms with Crippen molar-refractivity contribution in [2.24, 2.45) is 41.4 Å². The molecular formula is C62H76BrCl3N22O3. The number of anilines is 5. The van der Waals surface area contributed by atoms with Gasteiger partial charge in [0.25, 0.3) is 0 Å². The molecule has 6 fully saturated rings. The van der Waals surface area contributed by atoms with Crippen molar-refractivity contribution in [2.75, 3.05) is 65.4 Å². The zero-order valence-corrected chi connectivity index (χ0v) is 54.6. The molecule has 25 nitrogen and oxygen atoms in total. The Morgan fingerprint density at radius 2 is 0.791 bits per heavy atom. The highest BCUT2D eigenvalue weighted by Gasteiger charge is 2.47. The molecule has 6 atom stereocenters. The second kappa shape index (κ2) is 32.6. The summed E-state index contributed by atoms with van der Waals surface area (Å²) in [6.07, 6.45) is 28.6. The van der Waals surface area contributed by atoms with E-state index in [2.05, 4.69) is 132 Å². The standard InChI is InChI=1S/C19H20N6.C13H14N6.C10H10ClN3.C9H10BrN3.C6H10O2.C4H4ClN3.CH4.ClH.H3NO/c1-12-3-4-13(2)25(12)19-8-20-6-17(23-19)16-7-22-18(9-21-16)24-10-14-5-15(14)11-24;14-12-4-15-2-11(18-12)10-3-17-13(5-16-10)19-6-8-1-9(8)7-19;1-7-3-4-8(2)14(7)10-6-12-5-9(11)13-10;10-8-2-12-9(3-11-8)13-4-6-1-7(6)5-13;1-5(7)3-4-6(2)8;5-3-1-7-2-4(6)8-3;;;1-2/h3-4,6-9,14-15H,5,10-11H2,1-2H3;2-5,8-9H,1,6-7H2,(H2,14,18);3-6H,1-2H3;2-3,6-7H,1,4-5H2;3-4H2,1-2H3;1-2H,(H2,6,8);1H4;1H;2H,1H2. The number of carbonyl (C=O) groups is 2. The summed E-state index contributed by atoms with van der Waals surface area (Å²) in [4.78, 5) is 86.8. The Kier molecular flexibility index (Phi) is 25.2. The van der Waals surface area contributed by atoms with E-state index in [1.54, 1.807) is 37.2 Å². The van der Waals surface area contributed by atoms with Crippen LogP contribution >= 0.6 is 51.5 Å². The van der Waals surface area contributed by atoms with Gasteiger partial charge in [0.2, 0.25) is 0 Å². The largest absolute Gasteiger partial charge is 0.382 e. The zero-order chi connectivity index (χ0) is 63.3. The monoisotopic (exact) mass is 1360 g/mol. The van der Waals surface area contributed by atoms with Gasteiger partial charge in [0.05, 0.1) is 86.8 Å². The molecule has 6 unspecified atom stereocenters. The van der Waals surface area contributed by atoms with Crippen LogP contribution < -0.4 is 32.1 Å². The smallest absolute Gasteiger partial charge is 0.157 e. The molecule has 29 heteroatoms. The van der Waals surface area contributed by atoms with Crippen LogP contribution in [0.25, 0.3) is 34.4 Å². The van der Waals surface area contributed by atoms with Crippen LogP contribution in [-0.4, -0.2) is 135 Å². The summed E-state index contributed by atoms with van der Waals surface area (Å²) in [5.74, 6) is 14.4. The molecule has 480 valence electrons. The molecule has 91 heavy (non-hydrogen) atoms. The SMILES string of the molecule is Brc1cnc(N2CC3CC3C2)cn1.C.CC(=O)CCC(C)=O.Cc1ccc(C)n1-c1cncc(-c2cnc(N3CC4CC4C3)cn2)n1.Cc1ccc(C)n1-c1cncc(Cl)n1.Cl.NO.Nc1cncc(-c2cnc(N3CC4CC4C3)cn2)n1.Nc1cncc(Cl)n1. The van der Waals surface area contributed by atoms with Crippen LogP contribution in [0.5, 0.6) is 0 Å². The Morgan fingerprint density at radius 1 is 0.451 bits per heavy atom. The third-order valence-corrected chi connectivity index (χ3v) is 16.4. The van der Waals surface area contributed by atoms with Crippen molar-refractivity contribution in [3.63, 3.8) is 0 Å². The summed E-state index contributed by atoms with van der Waals surface area (Å²) >= 11 is 14.5. The van der Waals surface area contributed by atoms with E-state index < -0.39 is 0 Å². The normalized spacial score (nSPS) is 18.6. The van der Waals surface area contributed by atoms with Gasteiger partial charge in [-0.25, -0.2) is 55.7 Å². The minimum atomic E-state index is 0.